The number of hydrogen-bond acceptors (Lipinski definition) is 4. The van der Waals surface area contributed by atoms with Crippen molar-refractivity contribution in [3.63, 3.8) is 0 Å². The number of Topliss-reactive ketones (excluding diaryl/α,β-unsaturated/α-hetero) is 1. The van der Waals surface area contributed by atoms with Crippen molar-refractivity contribution in [2.45, 2.75) is 85.2 Å². The Morgan fingerprint density at radius 2 is 1.77 bits per heavy atom. The van der Waals surface area contributed by atoms with Gasteiger partial charge >= 0.3 is 6.09 Å². The van der Waals surface area contributed by atoms with Gasteiger partial charge in [0.05, 0.1) is 19.2 Å². The van der Waals surface area contributed by atoms with Crippen LogP contribution in [0, 0.1) is 5.92 Å². The van der Waals surface area contributed by atoms with Crippen LogP contribution in [0.2, 0.25) is 18.1 Å². The molecule has 150 valence electrons. The first kappa shape index (κ1) is 22.9. The van der Waals surface area contributed by atoms with Gasteiger partial charge in [0.15, 0.2) is 14.1 Å². The summed E-state index contributed by atoms with van der Waals surface area (Å²) >= 11 is 0. The van der Waals surface area contributed by atoms with Crippen molar-refractivity contribution < 1.29 is 18.8 Å². The minimum atomic E-state index is -1.96. The topological polar surface area (TPSA) is 55.8 Å². The lowest BCUT2D eigenvalue weighted by atomic mass is 9.93. The Balaban J connectivity index is 3.08. The van der Waals surface area contributed by atoms with E-state index in [-0.39, 0.29) is 29.3 Å². The van der Waals surface area contributed by atoms with Gasteiger partial charge in [-0.1, -0.05) is 40.7 Å². The molecule has 1 amide bonds. The Bertz CT molecular complexity index is 567. The van der Waals surface area contributed by atoms with Crippen molar-refractivity contribution >= 4 is 20.2 Å². The summed E-state index contributed by atoms with van der Waals surface area (Å²) in [6, 6.07) is -0.283. The maximum Gasteiger partial charge on any atom is 0.411 e. The van der Waals surface area contributed by atoms with Crippen LogP contribution in [0.1, 0.15) is 55.4 Å². The van der Waals surface area contributed by atoms with Crippen molar-refractivity contribution in [3.05, 3.63) is 11.6 Å². The second-order valence-corrected chi connectivity index (χ2v) is 14.8. The number of nitrogens with zero attached hydrogens (tertiary/aromatic N) is 1. The zero-order valence-corrected chi connectivity index (χ0v) is 19.2. The van der Waals surface area contributed by atoms with Crippen LogP contribution in [0.4, 0.5) is 4.79 Å². The lowest BCUT2D eigenvalue weighted by Crippen LogP contribution is -2.52. The summed E-state index contributed by atoms with van der Waals surface area (Å²) < 4.78 is 11.9. The first-order chi connectivity index (χ1) is 11.5. The van der Waals surface area contributed by atoms with E-state index in [0.29, 0.717) is 6.61 Å². The number of hydrogen-bond donors (Lipinski definition) is 0. The summed E-state index contributed by atoms with van der Waals surface area (Å²) in [5.41, 5.74) is 0.168. The molecule has 0 spiro atoms. The van der Waals surface area contributed by atoms with E-state index in [2.05, 4.69) is 33.9 Å². The van der Waals surface area contributed by atoms with Crippen LogP contribution >= 0.6 is 0 Å². The molecule has 0 saturated carbocycles. The highest BCUT2D eigenvalue weighted by molar-refractivity contribution is 6.74. The zero-order valence-electron chi connectivity index (χ0n) is 18.2. The highest BCUT2D eigenvalue weighted by Gasteiger charge is 2.40. The SMILES string of the molecule is CC(C)C1=C[C@@H](CO[Si](C)(C)C(C)(C)C)N(C(=O)OC(C)(C)C)CC1=O. The first-order valence-corrected chi connectivity index (χ1v) is 12.3. The van der Waals surface area contributed by atoms with Gasteiger partial charge in [-0.2, -0.15) is 0 Å². The molecule has 0 aromatic heterocycles. The van der Waals surface area contributed by atoms with Crippen LogP contribution in [0.3, 0.4) is 0 Å². The molecule has 1 heterocycles. The standard InChI is InChI=1S/C20H37NO4Si/c1-14(2)16-11-15(13-24-26(9,10)20(6,7)8)21(12-17(16)22)18(23)25-19(3,4)5/h11,14-15H,12-13H2,1-10H3/t15-/m0/s1. The van der Waals surface area contributed by atoms with E-state index in [4.69, 9.17) is 9.16 Å². The molecule has 0 fully saturated rings. The van der Waals surface area contributed by atoms with Gasteiger partial charge in [0.1, 0.15) is 5.60 Å². The molecule has 26 heavy (non-hydrogen) atoms. The maximum absolute atomic E-state index is 12.6. The number of amides is 1. The van der Waals surface area contributed by atoms with Gasteiger partial charge < -0.3 is 9.16 Å². The molecule has 1 rings (SSSR count). The zero-order chi connectivity index (χ0) is 20.5. The average molecular weight is 384 g/mol. The molecule has 6 heteroatoms. The molecular weight excluding hydrogens is 346 g/mol. The van der Waals surface area contributed by atoms with E-state index in [9.17, 15) is 9.59 Å². The molecule has 0 N–H and O–H groups in total. The Morgan fingerprint density at radius 1 is 1.23 bits per heavy atom. The summed E-state index contributed by atoms with van der Waals surface area (Å²) in [7, 11) is -1.96. The molecule has 0 aromatic rings. The molecule has 0 aromatic carbocycles. The van der Waals surface area contributed by atoms with Crippen LogP contribution in [0.15, 0.2) is 11.6 Å². The van der Waals surface area contributed by atoms with Crippen LogP contribution in [0.25, 0.3) is 0 Å². The lowest BCUT2D eigenvalue weighted by Gasteiger charge is -2.40. The number of carbonyl (C=O) groups is 2. The second kappa shape index (κ2) is 7.85. The fourth-order valence-electron chi connectivity index (χ4n) is 2.44. The summed E-state index contributed by atoms with van der Waals surface area (Å²) in [4.78, 5) is 26.6. The smallest absolute Gasteiger partial charge is 0.411 e. The largest absolute Gasteiger partial charge is 0.444 e. The molecule has 0 bridgehead atoms. The molecule has 1 aliphatic heterocycles. The summed E-state index contributed by atoms with van der Waals surface area (Å²) in [5.74, 6) is 0.105. The van der Waals surface area contributed by atoms with Gasteiger partial charge in [0.2, 0.25) is 0 Å². The maximum atomic E-state index is 12.6. The number of ether oxygens (including phenoxy) is 1. The predicted molar refractivity (Wildman–Crippen MR) is 108 cm³/mol. The molecular formula is C20H37NO4Si. The van der Waals surface area contributed by atoms with E-state index in [0.717, 1.165) is 5.57 Å². The lowest BCUT2D eigenvalue weighted by molar-refractivity contribution is -0.118. The van der Waals surface area contributed by atoms with E-state index in [1.165, 1.54) is 4.90 Å². The van der Waals surface area contributed by atoms with Crippen molar-refractivity contribution in [3.8, 4) is 0 Å². The van der Waals surface area contributed by atoms with Gasteiger partial charge in [0, 0.05) is 0 Å². The Hall–Kier alpha value is -1.14. The number of rotatable bonds is 4. The third-order valence-corrected chi connectivity index (χ3v) is 9.58. The second-order valence-electron chi connectivity index (χ2n) is 9.95. The molecule has 0 unspecified atom stereocenters. The van der Waals surface area contributed by atoms with Crippen LogP contribution in [-0.4, -0.2) is 49.9 Å². The van der Waals surface area contributed by atoms with Gasteiger partial charge in [-0.25, -0.2) is 4.79 Å². The van der Waals surface area contributed by atoms with Crippen molar-refractivity contribution in [1.29, 1.82) is 0 Å². The van der Waals surface area contributed by atoms with Crippen LogP contribution < -0.4 is 0 Å². The first-order valence-electron chi connectivity index (χ1n) is 9.43. The van der Waals surface area contributed by atoms with Gasteiger partial charge in [-0.15, -0.1) is 0 Å². The minimum absolute atomic E-state index is 0.0190. The Kier molecular flexibility index (Phi) is 6.91. The normalized spacial score (nSPS) is 19.7. The van der Waals surface area contributed by atoms with Crippen LogP contribution in [-0.2, 0) is 14.0 Å². The molecule has 5 nitrogen and oxygen atoms in total. The predicted octanol–water partition coefficient (Wildman–Crippen LogP) is 4.78. The van der Waals surface area contributed by atoms with E-state index in [1.54, 1.807) is 0 Å². The van der Waals surface area contributed by atoms with Gasteiger partial charge in [-0.3, -0.25) is 9.69 Å². The van der Waals surface area contributed by atoms with Crippen molar-refractivity contribution in [2.24, 2.45) is 5.92 Å². The third-order valence-electron chi connectivity index (χ3n) is 5.08. The fourth-order valence-corrected chi connectivity index (χ4v) is 3.46. The van der Waals surface area contributed by atoms with E-state index >= 15 is 0 Å². The van der Waals surface area contributed by atoms with E-state index < -0.39 is 20.0 Å². The highest BCUT2D eigenvalue weighted by Crippen LogP contribution is 2.37. The molecule has 1 aliphatic rings. The van der Waals surface area contributed by atoms with E-state index in [1.807, 2.05) is 40.7 Å². The minimum Gasteiger partial charge on any atom is -0.444 e. The number of carbonyl (C=O) groups excluding carboxylic acids is 2. The van der Waals surface area contributed by atoms with Crippen molar-refractivity contribution in [1.82, 2.24) is 4.90 Å². The monoisotopic (exact) mass is 383 g/mol. The van der Waals surface area contributed by atoms with Gasteiger partial charge in [0.25, 0.3) is 0 Å². The fraction of sp³-hybridized carbons (Fsp3) is 0.800. The molecule has 1 atom stereocenters. The Morgan fingerprint density at radius 3 is 2.19 bits per heavy atom. The average Bonchev–Trinajstić information content (AvgIpc) is 2.42. The summed E-state index contributed by atoms with van der Waals surface area (Å²) in [5, 5.41) is 0.0822. The quantitative estimate of drug-likeness (QED) is 0.656. The third kappa shape index (κ3) is 5.95. The van der Waals surface area contributed by atoms with Crippen molar-refractivity contribution in [2.75, 3.05) is 13.2 Å². The highest BCUT2D eigenvalue weighted by atomic mass is 28.4. The molecule has 0 radical (unpaired) electrons. The van der Waals surface area contributed by atoms with Crippen LogP contribution in [0.5, 0.6) is 0 Å². The molecule has 0 saturated heterocycles. The Labute approximate surface area is 160 Å². The summed E-state index contributed by atoms with van der Waals surface area (Å²) in [6.45, 7) is 20.8. The molecule has 0 aliphatic carbocycles. The summed E-state index contributed by atoms with van der Waals surface area (Å²) in [6.07, 6.45) is 1.43. The van der Waals surface area contributed by atoms with Gasteiger partial charge in [-0.05, 0) is 50.4 Å². The number of ketones is 1.